The molecule has 0 heterocycles. The predicted octanol–water partition coefficient (Wildman–Crippen LogP) is 6.11. The lowest BCUT2D eigenvalue weighted by Crippen LogP contribution is -1.95. The Balaban J connectivity index is 1.85. The Morgan fingerprint density at radius 3 is 1.91 bits per heavy atom. The molecule has 0 aliphatic heterocycles. The van der Waals surface area contributed by atoms with Crippen LogP contribution in [0.15, 0.2) is 112 Å². The van der Waals surface area contributed by atoms with Gasteiger partial charge in [-0.25, -0.2) is 4.99 Å². The summed E-state index contributed by atoms with van der Waals surface area (Å²) in [5.41, 5.74) is 3.03. The lowest BCUT2D eigenvalue weighted by Gasteiger charge is -2.02. The molecule has 0 unspecified atom stereocenters. The molecule has 0 spiro atoms. The summed E-state index contributed by atoms with van der Waals surface area (Å²) in [5.74, 6) is 0. The first-order valence-electron chi connectivity index (χ1n) is 7.49. The fraction of sp³-hybridized carbons (Fsp3) is 0. The number of benzene rings is 3. The van der Waals surface area contributed by atoms with E-state index < -0.39 is 0 Å². The minimum Gasteiger partial charge on any atom is -0.248 e. The first kappa shape index (κ1) is 15.3. The highest BCUT2D eigenvalue weighted by Gasteiger charge is 2.00. The Bertz CT molecular complexity index is 778. The quantitative estimate of drug-likeness (QED) is 0.408. The maximum atomic E-state index is 4.78. The zero-order chi connectivity index (χ0) is 15.7. The van der Waals surface area contributed by atoms with Gasteiger partial charge in [0.25, 0.3) is 0 Å². The molecule has 3 rings (SSSR count). The Hall–Kier alpha value is -2.58. The van der Waals surface area contributed by atoms with Crippen molar-refractivity contribution in [2.75, 3.05) is 0 Å². The van der Waals surface area contributed by atoms with Gasteiger partial charge in [-0.05, 0) is 35.7 Å². The molecule has 23 heavy (non-hydrogen) atoms. The van der Waals surface area contributed by atoms with Crippen LogP contribution in [0.25, 0.3) is 0 Å². The van der Waals surface area contributed by atoms with Gasteiger partial charge in [0.2, 0.25) is 0 Å². The van der Waals surface area contributed by atoms with Crippen molar-refractivity contribution in [3.63, 3.8) is 0 Å². The van der Waals surface area contributed by atoms with Gasteiger partial charge in [0, 0.05) is 10.5 Å². The number of nitrogens with zero attached hydrogens (tertiary/aromatic N) is 1. The molecule has 0 N–H and O–H groups in total. The zero-order valence-electron chi connectivity index (χ0n) is 12.7. The second-order valence-electron chi connectivity index (χ2n) is 4.93. The summed E-state index contributed by atoms with van der Waals surface area (Å²) in [5, 5.41) is 2.09. The van der Waals surface area contributed by atoms with Gasteiger partial charge in [0.15, 0.2) is 0 Å². The van der Waals surface area contributed by atoms with Gasteiger partial charge in [-0.1, -0.05) is 78.5 Å². The third kappa shape index (κ3) is 4.70. The van der Waals surface area contributed by atoms with Crippen LogP contribution in [0.5, 0.6) is 0 Å². The van der Waals surface area contributed by atoms with Crippen LogP contribution in [0.3, 0.4) is 0 Å². The normalized spacial score (nSPS) is 11.7. The maximum Gasteiger partial charge on any atom is 0.0714 e. The maximum absolute atomic E-state index is 4.78. The smallest absolute Gasteiger partial charge is 0.0714 e. The number of hydrogen-bond donors (Lipinski definition) is 0. The first-order chi connectivity index (χ1) is 11.4. The SMILES string of the molecule is C(=C\C(=Nc1ccccc1)c1ccccc1)/Sc1ccccc1. The molecule has 112 valence electrons. The van der Waals surface area contributed by atoms with E-state index in [1.54, 1.807) is 11.8 Å². The van der Waals surface area contributed by atoms with Crippen LogP contribution >= 0.6 is 11.8 Å². The number of hydrogen-bond acceptors (Lipinski definition) is 2. The van der Waals surface area contributed by atoms with Gasteiger partial charge in [0.05, 0.1) is 11.4 Å². The third-order valence-electron chi connectivity index (χ3n) is 3.25. The molecule has 0 aliphatic carbocycles. The molecule has 1 nitrogen and oxygen atoms in total. The van der Waals surface area contributed by atoms with E-state index in [2.05, 4.69) is 35.7 Å². The number of para-hydroxylation sites is 1. The average molecular weight is 315 g/mol. The van der Waals surface area contributed by atoms with Crippen LogP contribution in [0.2, 0.25) is 0 Å². The summed E-state index contributed by atoms with van der Waals surface area (Å²) < 4.78 is 0. The van der Waals surface area contributed by atoms with E-state index in [4.69, 9.17) is 4.99 Å². The van der Waals surface area contributed by atoms with Gasteiger partial charge in [-0.15, -0.1) is 0 Å². The van der Waals surface area contributed by atoms with Crippen molar-refractivity contribution in [3.8, 4) is 0 Å². The molecule has 3 aromatic carbocycles. The summed E-state index contributed by atoms with van der Waals surface area (Å²) in [4.78, 5) is 5.99. The molecule has 0 radical (unpaired) electrons. The Labute approximate surface area is 141 Å². The van der Waals surface area contributed by atoms with Crippen LogP contribution in [0, 0.1) is 0 Å². The van der Waals surface area contributed by atoms with Crippen LogP contribution in [0.4, 0.5) is 5.69 Å². The highest BCUT2D eigenvalue weighted by molar-refractivity contribution is 8.02. The standard InChI is InChI=1S/C21H17NS/c1-4-10-18(11-5-1)21(22-19-12-6-2-7-13-19)16-17-23-20-14-8-3-9-15-20/h1-17H/b17-16+,22-21?. The van der Waals surface area contributed by atoms with Crippen LogP contribution in [-0.2, 0) is 0 Å². The van der Waals surface area contributed by atoms with E-state index in [0.717, 1.165) is 17.0 Å². The van der Waals surface area contributed by atoms with E-state index in [1.807, 2.05) is 66.7 Å². The van der Waals surface area contributed by atoms with E-state index >= 15 is 0 Å². The van der Waals surface area contributed by atoms with Crippen LogP contribution < -0.4 is 0 Å². The molecule has 2 heteroatoms. The van der Waals surface area contributed by atoms with Crippen molar-refractivity contribution in [2.45, 2.75) is 4.90 Å². The molecular weight excluding hydrogens is 298 g/mol. The summed E-state index contributed by atoms with van der Waals surface area (Å²) in [7, 11) is 0. The van der Waals surface area contributed by atoms with Gasteiger partial charge in [-0.3, -0.25) is 0 Å². The van der Waals surface area contributed by atoms with Gasteiger partial charge < -0.3 is 0 Å². The fourth-order valence-electron chi connectivity index (χ4n) is 2.12. The second kappa shape index (κ2) is 8.16. The Morgan fingerprint density at radius 1 is 0.696 bits per heavy atom. The summed E-state index contributed by atoms with van der Waals surface area (Å²) in [6.45, 7) is 0. The number of allylic oxidation sites excluding steroid dienone is 1. The molecular formula is C21H17NS. The predicted molar refractivity (Wildman–Crippen MR) is 101 cm³/mol. The van der Waals surface area contributed by atoms with Crippen molar-refractivity contribution < 1.29 is 0 Å². The Morgan fingerprint density at radius 2 is 1.26 bits per heavy atom. The summed E-state index contributed by atoms with van der Waals surface area (Å²) >= 11 is 1.69. The van der Waals surface area contributed by atoms with Crippen LogP contribution in [-0.4, -0.2) is 5.71 Å². The van der Waals surface area contributed by atoms with Gasteiger partial charge in [0.1, 0.15) is 0 Å². The summed E-state index contributed by atoms with van der Waals surface area (Å²) in [6, 6.07) is 30.6. The number of aliphatic imine (C=N–C) groups is 1. The summed E-state index contributed by atoms with van der Waals surface area (Å²) in [6.07, 6.45) is 2.07. The minimum atomic E-state index is 0.959. The highest BCUT2D eigenvalue weighted by Crippen LogP contribution is 2.20. The third-order valence-corrected chi connectivity index (χ3v) is 4.07. The van der Waals surface area contributed by atoms with Gasteiger partial charge in [-0.2, -0.15) is 0 Å². The molecule has 0 amide bonds. The monoisotopic (exact) mass is 315 g/mol. The van der Waals surface area contributed by atoms with Crippen LogP contribution in [0.1, 0.15) is 5.56 Å². The molecule has 0 saturated carbocycles. The topological polar surface area (TPSA) is 12.4 Å². The largest absolute Gasteiger partial charge is 0.248 e. The molecule has 0 atom stereocenters. The molecule has 0 aliphatic rings. The lowest BCUT2D eigenvalue weighted by atomic mass is 10.1. The zero-order valence-corrected chi connectivity index (χ0v) is 13.5. The van der Waals surface area contributed by atoms with Crippen molar-refractivity contribution in [1.82, 2.24) is 0 Å². The first-order valence-corrected chi connectivity index (χ1v) is 8.37. The van der Waals surface area contributed by atoms with E-state index in [0.29, 0.717) is 0 Å². The molecule has 0 aromatic heterocycles. The van der Waals surface area contributed by atoms with E-state index in [9.17, 15) is 0 Å². The average Bonchev–Trinajstić information content (AvgIpc) is 2.63. The fourth-order valence-corrected chi connectivity index (χ4v) is 2.79. The molecule has 0 bridgehead atoms. The molecule has 0 fully saturated rings. The Kier molecular flexibility index (Phi) is 5.43. The van der Waals surface area contributed by atoms with E-state index in [1.165, 1.54) is 4.90 Å². The van der Waals surface area contributed by atoms with Gasteiger partial charge >= 0.3 is 0 Å². The second-order valence-corrected chi connectivity index (χ2v) is 5.91. The molecule has 0 saturated heterocycles. The van der Waals surface area contributed by atoms with E-state index in [-0.39, 0.29) is 0 Å². The van der Waals surface area contributed by atoms with Crippen molar-refractivity contribution in [1.29, 1.82) is 0 Å². The number of thioether (sulfide) groups is 1. The molecule has 3 aromatic rings. The van der Waals surface area contributed by atoms with Crippen molar-refractivity contribution in [3.05, 3.63) is 108 Å². The highest BCUT2D eigenvalue weighted by atomic mass is 32.2. The van der Waals surface area contributed by atoms with Crippen molar-refractivity contribution in [2.24, 2.45) is 4.99 Å². The van der Waals surface area contributed by atoms with Crippen molar-refractivity contribution >= 4 is 23.2 Å². The minimum absolute atomic E-state index is 0.959. The number of rotatable bonds is 5. The lowest BCUT2D eigenvalue weighted by molar-refractivity contribution is 1.47.